The third-order valence-corrected chi connectivity index (χ3v) is 9.83. The van der Waals surface area contributed by atoms with Crippen LogP contribution in [0.5, 0.6) is 5.75 Å². The minimum absolute atomic E-state index is 0.459. The molecular formula is C38H23N11OS. The van der Waals surface area contributed by atoms with Crippen LogP contribution in [0.4, 0.5) is 5.69 Å². The number of H-pyrrole nitrogens is 1. The van der Waals surface area contributed by atoms with Gasteiger partial charge in [-0.2, -0.15) is 5.10 Å². The van der Waals surface area contributed by atoms with Crippen LogP contribution in [0.15, 0.2) is 128 Å². The van der Waals surface area contributed by atoms with Gasteiger partial charge in [-0.25, -0.2) is 19.9 Å². The number of hydrogen-bond acceptors (Lipinski definition) is 12. The zero-order valence-corrected chi connectivity index (χ0v) is 27.3. The summed E-state index contributed by atoms with van der Waals surface area (Å²) < 4.78 is 8.32. The lowest BCUT2D eigenvalue weighted by atomic mass is 9.88. The molecule has 2 N–H and O–H groups in total. The van der Waals surface area contributed by atoms with Gasteiger partial charge in [0, 0.05) is 48.3 Å². The van der Waals surface area contributed by atoms with Gasteiger partial charge in [0.25, 0.3) is 5.72 Å². The molecule has 1 aliphatic rings. The highest BCUT2D eigenvalue weighted by atomic mass is 32.1. The van der Waals surface area contributed by atoms with Gasteiger partial charge in [-0.1, -0.05) is 30.3 Å². The van der Waals surface area contributed by atoms with E-state index in [4.69, 9.17) is 34.6 Å². The number of aromatic amines is 1. The van der Waals surface area contributed by atoms with Gasteiger partial charge in [-0.15, -0.1) is 16.4 Å². The molecule has 3 aromatic carbocycles. The van der Waals surface area contributed by atoms with Crippen molar-refractivity contribution in [2.24, 2.45) is 0 Å². The van der Waals surface area contributed by atoms with Crippen LogP contribution in [0.1, 0.15) is 10.7 Å². The molecule has 0 saturated carbocycles. The number of ether oxygens (including phenoxy) is 1. The largest absolute Gasteiger partial charge is 0.452 e. The number of nitrogens with zero attached hydrogens (tertiary/aromatic N) is 9. The summed E-state index contributed by atoms with van der Waals surface area (Å²) in [6.45, 7) is 0. The first kappa shape index (κ1) is 29.0. The molecule has 10 rings (SSSR count). The van der Waals surface area contributed by atoms with Crippen molar-refractivity contribution < 1.29 is 4.74 Å². The number of pyridine rings is 1. The van der Waals surface area contributed by atoms with E-state index in [1.165, 1.54) is 11.3 Å². The minimum atomic E-state index is -1.41. The number of para-hydroxylation sites is 3. The van der Waals surface area contributed by atoms with Gasteiger partial charge in [0.1, 0.15) is 11.5 Å². The Bertz CT molecular complexity index is 2640. The van der Waals surface area contributed by atoms with E-state index in [0.29, 0.717) is 67.4 Å². The summed E-state index contributed by atoms with van der Waals surface area (Å²) in [4.78, 5) is 37.5. The van der Waals surface area contributed by atoms with E-state index in [-0.39, 0.29) is 0 Å². The van der Waals surface area contributed by atoms with Crippen LogP contribution in [0.3, 0.4) is 0 Å². The number of fused-ring (bicyclic) bond motifs is 3. The van der Waals surface area contributed by atoms with Crippen LogP contribution in [0.2, 0.25) is 0 Å². The summed E-state index contributed by atoms with van der Waals surface area (Å²) >= 11 is 1.51. The molecule has 9 aromatic rings. The Hall–Kier alpha value is -6.99. The lowest BCUT2D eigenvalue weighted by Crippen LogP contribution is -2.39. The Morgan fingerprint density at radius 2 is 1.45 bits per heavy atom. The average molecular weight is 682 g/mol. The number of aromatic nitrogens is 10. The highest BCUT2D eigenvalue weighted by Gasteiger charge is 2.51. The van der Waals surface area contributed by atoms with Gasteiger partial charge in [-0.3, -0.25) is 15.0 Å². The van der Waals surface area contributed by atoms with Gasteiger partial charge in [0.05, 0.1) is 55.6 Å². The van der Waals surface area contributed by atoms with Crippen LogP contribution < -0.4 is 10.1 Å². The van der Waals surface area contributed by atoms with Crippen LogP contribution in [0.25, 0.3) is 66.5 Å². The minimum Gasteiger partial charge on any atom is -0.452 e. The fraction of sp³-hybridized carbons (Fsp3) is 0.0263. The normalized spacial score (nSPS) is 15.1. The molecule has 0 amide bonds. The number of benzene rings is 3. The zero-order chi connectivity index (χ0) is 33.8. The molecule has 51 heavy (non-hydrogen) atoms. The van der Waals surface area contributed by atoms with E-state index in [2.05, 4.69) is 25.5 Å². The van der Waals surface area contributed by atoms with Crippen LogP contribution in [-0.4, -0.2) is 50.1 Å². The van der Waals surface area contributed by atoms with Crippen molar-refractivity contribution in [2.45, 2.75) is 5.72 Å². The quantitative estimate of drug-likeness (QED) is 0.182. The standard InChI is InChI=1S/C38H23N11OS/c1-2-10-23-22(9-1)45-36(46-23)32-31(35-42-16-8-17-43-35)29(25-12-5-6-15-40-25)30(26-21-39-19-20-41-26)34-33(32)48-38(50-34,28-14-7-18-44-49-28)37-47-24-11-3-4-13-27(24)51-37/h1-21,48H,(H,45,46). The van der Waals surface area contributed by atoms with Gasteiger partial charge in [-0.05, 0) is 54.6 Å². The molecule has 0 fully saturated rings. The summed E-state index contributed by atoms with van der Waals surface area (Å²) in [6.07, 6.45) is 11.8. The summed E-state index contributed by atoms with van der Waals surface area (Å²) in [6, 6.07) is 27.1. The predicted octanol–water partition coefficient (Wildman–Crippen LogP) is 7.31. The maximum atomic E-state index is 7.33. The van der Waals surface area contributed by atoms with Crippen molar-refractivity contribution in [3.63, 3.8) is 0 Å². The van der Waals surface area contributed by atoms with Crippen LogP contribution >= 0.6 is 11.3 Å². The van der Waals surface area contributed by atoms with E-state index in [0.717, 1.165) is 21.3 Å². The maximum absolute atomic E-state index is 7.33. The Morgan fingerprint density at radius 1 is 0.627 bits per heavy atom. The van der Waals surface area contributed by atoms with Crippen molar-refractivity contribution in [3.05, 3.63) is 139 Å². The maximum Gasteiger partial charge on any atom is 0.278 e. The lowest BCUT2D eigenvalue weighted by Gasteiger charge is -2.26. The van der Waals surface area contributed by atoms with E-state index >= 15 is 0 Å². The molecule has 1 aliphatic heterocycles. The third kappa shape index (κ3) is 4.63. The Balaban J connectivity index is 1.39. The highest BCUT2D eigenvalue weighted by Crippen LogP contribution is 2.59. The molecule has 0 bridgehead atoms. The predicted molar refractivity (Wildman–Crippen MR) is 193 cm³/mol. The fourth-order valence-corrected chi connectivity index (χ4v) is 7.60. The highest BCUT2D eigenvalue weighted by molar-refractivity contribution is 7.18. The molecule has 12 nitrogen and oxygen atoms in total. The molecule has 1 unspecified atom stereocenters. The average Bonchev–Trinajstić information content (AvgIpc) is 3.94. The Labute approximate surface area is 293 Å². The van der Waals surface area contributed by atoms with E-state index in [1.54, 1.807) is 49.4 Å². The molecular weight excluding hydrogens is 659 g/mol. The fourth-order valence-electron chi connectivity index (χ4n) is 6.54. The second-order valence-electron chi connectivity index (χ2n) is 11.7. The zero-order valence-electron chi connectivity index (χ0n) is 26.5. The molecule has 0 saturated heterocycles. The lowest BCUT2D eigenvalue weighted by molar-refractivity contribution is 0.158. The van der Waals surface area contributed by atoms with Gasteiger partial charge >= 0.3 is 0 Å². The van der Waals surface area contributed by atoms with Gasteiger partial charge in [0.2, 0.25) is 0 Å². The molecule has 1 atom stereocenters. The Kier molecular flexibility index (Phi) is 6.57. The summed E-state index contributed by atoms with van der Waals surface area (Å²) in [5.74, 6) is 1.52. The number of rotatable bonds is 6. The van der Waals surface area contributed by atoms with E-state index < -0.39 is 5.72 Å². The molecule has 0 radical (unpaired) electrons. The van der Waals surface area contributed by atoms with Crippen molar-refractivity contribution >= 4 is 38.3 Å². The van der Waals surface area contributed by atoms with Crippen molar-refractivity contribution in [2.75, 3.05) is 5.32 Å². The van der Waals surface area contributed by atoms with Crippen molar-refractivity contribution in [1.82, 2.24) is 50.1 Å². The number of anilines is 1. The first-order valence-electron chi connectivity index (χ1n) is 16.0. The number of thiazole rings is 1. The van der Waals surface area contributed by atoms with Gasteiger partial charge < -0.3 is 15.0 Å². The topological polar surface area (TPSA) is 153 Å². The van der Waals surface area contributed by atoms with E-state index in [1.807, 2.05) is 78.9 Å². The first-order chi connectivity index (χ1) is 25.3. The SMILES string of the molecule is c1ccc(-c2c(-c3cnccn3)c3c(c(-c4nc5ccccc5[nH]4)c2-c2ncccn2)NC(c2cccnn2)(c2nc4ccccc4s2)O3)nc1. The van der Waals surface area contributed by atoms with E-state index in [9.17, 15) is 0 Å². The van der Waals surface area contributed by atoms with Crippen molar-refractivity contribution in [3.8, 4) is 51.0 Å². The molecule has 6 aromatic heterocycles. The second kappa shape index (κ2) is 11.6. The van der Waals surface area contributed by atoms with Crippen LogP contribution in [0, 0.1) is 0 Å². The first-order valence-corrected chi connectivity index (χ1v) is 16.8. The van der Waals surface area contributed by atoms with Gasteiger partial charge in [0.15, 0.2) is 16.6 Å². The summed E-state index contributed by atoms with van der Waals surface area (Å²) in [5.41, 5.74) is 6.10. The molecule has 0 spiro atoms. The molecule has 0 aliphatic carbocycles. The number of nitrogens with one attached hydrogen (secondary N) is 2. The smallest absolute Gasteiger partial charge is 0.278 e. The molecule has 7 heterocycles. The van der Waals surface area contributed by atoms with Crippen LogP contribution in [-0.2, 0) is 5.72 Å². The third-order valence-electron chi connectivity index (χ3n) is 8.69. The molecule has 242 valence electrons. The summed E-state index contributed by atoms with van der Waals surface area (Å²) in [7, 11) is 0. The number of imidazole rings is 1. The number of hydrogen-bond donors (Lipinski definition) is 2. The second-order valence-corrected chi connectivity index (χ2v) is 12.7. The van der Waals surface area contributed by atoms with Crippen molar-refractivity contribution in [1.29, 1.82) is 0 Å². The molecule has 13 heteroatoms. The summed E-state index contributed by atoms with van der Waals surface area (Å²) in [5, 5.41) is 13.3. The monoisotopic (exact) mass is 681 g/mol. The Morgan fingerprint density at radius 3 is 2.24 bits per heavy atom.